The fourth-order valence-corrected chi connectivity index (χ4v) is 4.25. The Morgan fingerprint density at radius 3 is 2.32 bits per heavy atom. The summed E-state index contributed by atoms with van der Waals surface area (Å²) in [6, 6.07) is 6.88. The molecule has 2 rings (SSSR count). The number of hydrogen-bond donors (Lipinski definition) is 1. The summed E-state index contributed by atoms with van der Waals surface area (Å²) in [5.41, 5.74) is 6.53. The van der Waals surface area contributed by atoms with E-state index in [0.717, 1.165) is 18.4 Å². The molecule has 8 heteroatoms. The van der Waals surface area contributed by atoms with Gasteiger partial charge in [0.15, 0.2) is 0 Å². The first-order valence-electron chi connectivity index (χ1n) is 8.41. The number of carbonyl (C=O) groups excluding carboxylic acids is 1. The van der Waals surface area contributed by atoms with Crippen molar-refractivity contribution < 1.29 is 13.2 Å². The largest absolute Gasteiger partial charge is 0.342 e. The van der Waals surface area contributed by atoms with Gasteiger partial charge in [0.1, 0.15) is 0 Å². The average Bonchev–Trinajstić information content (AvgIpc) is 3.14. The maximum absolute atomic E-state index is 12.5. The summed E-state index contributed by atoms with van der Waals surface area (Å²) >= 11 is 0. The molecule has 2 N–H and O–H groups in total. The molecule has 1 unspecified atom stereocenters. The van der Waals surface area contributed by atoms with Crippen molar-refractivity contribution in [1.29, 1.82) is 0 Å². The lowest BCUT2D eigenvalue weighted by Gasteiger charge is -2.23. The van der Waals surface area contributed by atoms with Crippen LogP contribution in [0.5, 0.6) is 0 Å². The van der Waals surface area contributed by atoms with Gasteiger partial charge in [-0.3, -0.25) is 4.79 Å². The number of aryl methyl sites for hydroxylation is 1. The highest BCUT2D eigenvalue weighted by Crippen LogP contribution is 2.21. The Hall–Kier alpha value is -1.15. The first-order valence-corrected chi connectivity index (χ1v) is 9.85. The predicted molar refractivity (Wildman–Crippen MR) is 101 cm³/mol. The monoisotopic (exact) mass is 389 g/mol. The third-order valence-electron chi connectivity index (χ3n) is 4.65. The van der Waals surface area contributed by atoms with Crippen LogP contribution in [0.3, 0.4) is 0 Å². The molecule has 1 saturated heterocycles. The topological polar surface area (TPSA) is 83.7 Å². The maximum Gasteiger partial charge on any atom is 0.243 e. The van der Waals surface area contributed by atoms with Gasteiger partial charge in [0.25, 0.3) is 0 Å². The van der Waals surface area contributed by atoms with Crippen LogP contribution >= 0.6 is 12.4 Å². The number of carbonyl (C=O) groups is 1. The van der Waals surface area contributed by atoms with E-state index in [2.05, 4.69) is 0 Å². The third kappa shape index (κ3) is 5.41. The Morgan fingerprint density at radius 1 is 1.24 bits per heavy atom. The molecule has 1 aromatic rings. The summed E-state index contributed by atoms with van der Waals surface area (Å²) < 4.78 is 26.5. The number of benzene rings is 1. The number of nitrogens with zero attached hydrogens (tertiary/aromatic N) is 2. The third-order valence-corrected chi connectivity index (χ3v) is 6.56. The number of nitrogens with two attached hydrogens (primary N) is 1. The number of amides is 1. The fourth-order valence-electron chi connectivity index (χ4n) is 2.74. The smallest absolute Gasteiger partial charge is 0.243 e. The first-order chi connectivity index (χ1) is 11.4. The lowest BCUT2D eigenvalue weighted by atomic mass is 10.1. The second-order valence-corrected chi connectivity index (χ2v) is 8.28. The van der Waals surface area contributed by atoms with Crippen LogP contribution in [0.15, 0.2) is 29.2 Å². The molecule has 1 amide bonds. The van der Waals surface area contributed by atoms with E-state index in [4.69, 9.17) is 5.73 Å². The van der Waals surface area contributed by atoms with Gasteiger partial charge in [-0.2, -0.15) is 4.31 Å². The van der Waals surface area contributed by atoms with Crippen molar-refractivity contribution in [3.8, 4) is 0 Å². The van der Waals surface area contributed by atoms with Crippen LogP contribution in [0.2, 0.25) is 0 Å². The number of halogens is 1. The molecule has 6 nitrogen and oxygen atoms in total. The van der Waals surface area contributed by atoms with Gasteiger partial charge >= 0.3 is 0 Å². The normalized spacial score (nSPS) is 16.3. The van der Waals surface area contributed by atoms with E-state index in [0.29, 0.717) is 37.4 Å². The molecular formula is C17H28ClN3O3S. The van der Waals surface area contributed by atoms with Crippen LogP contribution in [0.25, 0.3) is 0 Å². The Kier molecular flexibility index (Phi) is 8.34. The SMILES string of the molecule is CC(CN)N(C)C(=O)CCc1ccc(S(=O)(=O)N2CCCC2)cc1.Cl. The molecule has 1 heterocycles. The average molecular weight is 390 g/mol. The lowest BCUT2D eigenvalue weighted by molar-refractivity contribution is -0.131. The second kappa shape index (κ2) is 9.52. The first kappa shape index (κ1) is 21.9. The Labute approximate surface area is 156 Å². The van der Waals surface area contributed by atoms with Crippen molar-refractivity contribution in [2.24, 2.45) is 5.73 Å². The van der Waals surface area contributed by atoms with E-state index in [9.17, 15) is 13.2 Å². The van der Waals surface area contributed by atoms with Gasteiger partial charge in [-0.1, -0.05) is 12.1 Å². The van der Waals surface area contributed by atoms with Crippen molar-refractivity contribution in [3.63, 3.8) is 0 Å². The molecule has 0 spiro atoms. The Morgan fingerprint density at radius 2 is 1.80 bits per heavy atom. The lowest BCUT2D eigenvalue weighted by Crippen LogP contribution is -2.39. The van der Waals surface area contributed by atoms with Crippen LogP contribution in [0.1, 0.15) is 31.7 Å². The van der Waals surface area contributed by atoms with Crippen molar-refractivity contribution in [3.05, 3.63) is 29.8 Å². The predicted octanol–water partition coefficient (Wildman–Crippen LogP) is 1.63. The summed E-state index contributed by atoms with van der Waals surface area (Å²) in [4.78, 5) is 14.1. The highest BCUT2D eigenvalue weighted by atomic mass is 35.5. The van der Waals surface area contributed by atoms with Crippen LogP contribution in [-0.2, 0) is 21.2 Å². The van der Waals surface area contributed by atoms with Crippen molar-refractivity contribution >= 4 is 28.3 Å². The molecule has 0 aromatic heterocycles. The van der Waals surface area contributed by atoms with E-state index < -0.39 is 10.0 Å². The molecule has 142 valence electrons. The highest BCUT2D eigenvalue weighted by Gasteiger charge is 2.26. The van der Waals surface area contributed by atoms with Gasteiger partial charge in [-0.25, -0.2) is 8.42 Å². The number of rotatable bonds is 7. The second-order valence-electron chi connectivity index (χ2n) is 6.34. The molecule has 0 bridgehead atoms. The standard InChI is InChI=1S/C17H27N3O3S.ClH/c1-14(13-18)19(2)17(21)10-7-15-5-8-16(9-6-15)24(22,23)20-11-3-4-12-20;/h5-6,8-9,14H,3-4,7,10-13,18H2,1-2H3;1H. The quantitative estimate of drug-likeness (QED) is 0.768. The van der Waals surface area contributed by atoms with E-state index in [-0.39, 0.29) is 24.4 Å². The van der Waals surface area contributed by atoms with Gasteiger partial charge in [-0.15, -0.1) is 12.4 Å². The van der Waals surface area contributed by atoms with Crippen LogP contribution in [-0.4, -0.2) is 56.3 Å². The van der Waals surface area contributed by atoms with Gasteiger partial charge < -0.3 is 10.6 Å². The summed E-state index contributed by atoms with van der Waals surface area (Å²) in [5.74, 6) is 0.0433. The minimum absolute atomic E-state index is 0. The maximum atomic E-state index is 12.5. The van der Waals surface area contributed by atoms with E-state index in [1.807, 2.05) is 6.92 Å². The summed E-state index contributed by atoms with van der Waals surface area (Å²) in [6.45, 7) is 3.55. The molecule has 1 aliphatic rings. The molecule has 0 saturated carbocycles. The Balaban J connectivity index is 0.00000312. The molecule has 25 heavy (non-hydrogen) atoms. The molecule has 0 aliphatic carbocycles. The van der Waals surface area contributed by atoms with Gasteiger partial charge in [0.05, 0.1) is 4.90 Å². The minimum Gasteiger partial charge on any atom is -0.342 e. The molecule has 1 aliphatic heterocycles. The van der Waals surface area contributed by atoms with E-state index >= 15 is 0 Å². The van der Waals surface area contributed by atoms with Crippen molar-refractivity contribution in [2.75, 3.05) is 26.7 Å². The molecule has 0 radical (unpaired) electrons. The number of hydrogen-bond acceptors (Lipinski definition) is 4. The van der Waals surface area contributed by atoms with Gasteiger partial charge in [-0.05, 0) is 43.9 Å². The zero-order valence-electron chi connectivity index (χ0n) is 14.8. The molecular weight excluding hydrogens is 362 g/mol. The highest BCUT2D eigenvalue weighted by molar-refractivity contribution is 7.89. The van der Waals surface area contributed by atoms with E-state index in [1.54, 1.807) is 36.2 Å². The van der Waals surface area contributed by atoms with Crippen molar-refractivity contribution in [1.82, 2.24) is 9.21 Å². The molecule has 1 atom stereocenters. The van der Waals surface area contributed by atoms with Gasteiger partial charge in [0, 0.05) is 39.1 Å². The Bertz CT molecular complexity index is 658. The zero-order chi connectivity index (χ0) is 17.7. The molecule has 1 aromatic carbocycles. The number of likely N-dealkylation sites (N-methyl/N-ethyl adjacent to an activating group) is 1. The summed E-state index contributed by atoms with van der Waals surface area (Å²) in [7, 11) is -1.61. The minimum atomic E-state index is -3.37. The summed E-state index contributed by atoms with van der Waals surface area (Å²) in [6.07, 6.45) is 2.83. The van der Waals surface area contributed by atoms with Crippen LogP contribution < -0.4 is 5.73 Å². The summed E-state index contributed by atoms with van der Waals surface area (Å²) in [5, 5.41) is 0. The zero-order valence-corrected chi connectivity index (χ0v) is 16.5. The van der Waals surface area contributed by atoms with Gasteiger partial charge in [0.2, 0.25) is 15.9 Å². The number of sulfonamides is 1. The van der Waals surface area contributed by atoms with Crippen LogP contribution in [0.4, 0.5) is 0 Å². The molecule has 1 fully saturated rings. The fraction of sp³-hybridized carbons (Fsp3) is 0.588. The van der Waals surface area contributed by atoms with Crippen LogP contribution in [0, 0.1) is 0 Å². The van der Waals surface area contributed by atoms with E-state index in [1.165, 1.54) is 4.31 Å². The van der Waals surface area contributed by atoms with Crippen molar-refractivity contribution in [2.45, 2.75) is 43.5 Å².